The number of phenolic OH excluding ortho intramolecular Hbond substituents is 1. The van der Waals surface area contributed by atoms with Crippen molar-refractivity contribution >= 4 is 21.6 Å². The van der Waals surface area contributed by atoms with Crippen molar-refractivity contribution in [3.8, 4) is 11.8 Å². The summed E-state index contributed by atoms with van der Waals surface area (Å²) in [5.41, 5.74) is 0.335. The van der Waals surface area contributed by atoms with Crippen molar-refractivity contribution in [1.29, 1.82) is 5.26 Å². The van der Waals surface area contributed by atoms with E-state index in [4.69, 9.17) is 5.26 Å². The fourth-order valence-corrected chi connectivity index (χ4v) is 4.29. The molecule has 0 amide bonds. The Bertz CT molecular complexity index is 762. The summed E-state index contributed by atoms with van der Waals surface area (Å²) in [4.78, 5) is 1.07. The second-order valence-corrected chi connectivity index (χ2v) is 7.58. The second kappa shape index (κ2) is 6.66. The van der Waals surface area contributed by atoms with Gasteiger partial charge in [0.2, 0.25) is 0 Å². The van der Waals surface area contributed by atoms with E-state index in [1.807, 2.05) is 6.07 Å². The molecule has 0 radical (unpaired) electrons. The summed E-state index contributed by atoms with van der Waals surface area (Å²) in [5.74, 6) is 0.581. The molecule has 2 aromatic carbocycles. The molecule has 0 spiro atoms. The first kappa shape index (κ1) is 15.4. The first-order valence-corrected chi connectivity index (χ1v) is 8.80. The highest BCUT2D eigenvalue weighted by molar-refractivity contribution is 8.00. The van der Waals surface area contributed by atoms with Gasteiger partial charge in [0.15, 0.2) is 9.84 Å². The highest BCUT2D eigenvalue weighted by atomic mass is 32.2. The molecule has 0 heterocycles. The van der Waals surface area contributed by atoms with Crippen LogP contribution in [0.25, 0.3) is 0 Å². The summed E-state index contributed by atoms with van der Waals surface area (Å²) in [6.45, 7) is 0. The lowest BCUT2D eigenvalue weighted by molar-refractivity contribution is 0.475. The van der Waals surface area contributed by atoms with Crippen LogP contribution in [0.4, 0.5) is 0 Å². The minimum atomic E-state index is -3.39. The van der Waals surface area contributed by atoms with Crippen molar-refractivity contribution in [3.63, 3.8) is 0 Å². The Kier molecular flexibility index (Phi) is 4.89. The minimum absolute atomic E-state index is 0.00652. The van der Waals surface area contributed by atoms with E-state index in [1.54, 1.807) is 36.4 Å². The molecule has 0 saturated carbocycles. The van der Waals surface area contributed by atoms with E-state index in [-0.39, 0.29) is 16.4 Å². The lowest BCUT2D eigenvalue weighted by Crippen LogP contribution is -2.09. The van der Waals surface area contributed by atoms with Crippen LogP contribution in [0, 0.1) is 11.3 Å². The average Bonchev–Trinajstić information content (AvgIpc) is 2.49. The Morgan fingerprint density at radius 2 is 1.86 bits per heavy atom. The lowest BCUT2D eigenvalue weighted by atomic mass is 10.2. The summed E-state index contributed by atoms with van der Waals surface area (Å²) in [5, 5.41) is 18.0. The van der Waals surface area contributed by atoms with Gasteiger partial charge in [0.05, 0.1) is 22.3 Å². The lowest BCUT2D eigenvalue weighted by Gasteiger charge is -2.05. The molecule has 1 N–H and O–H groups in total. The van der Waals surface area contributed by atoms with Gasteiger partial charge in [-0.15, -0.1) is 11.8 Å². The van der Waals surface area contributed by atoms with E-state index in [0.29, 0.717) is 11.3 Å². The topological polar surface area (TPSA) is 78.2 Å². The van der Waals surface area contributed by atoms with Crippen LogP contribution in [0.3, 0.4) is 0 Å². The van der Waals surface area contributed by atoms with E-state index in [2.05, 4.69) is 0 Å². The van der Waals surface area contributed by atoms with Crippen LogP contribution >= 0.6 is 11.8 Å². The third-order valence-electron chi connectivity index (χ3n) is 2.78. The number of phenols is 1. The molecule has 0 unspecified atom stereocenters. The smallest absolute Gasteiger partial charge is 0.179 e. The Balaban J connectivity index is 2.01. The standard InChI is InChI=1S/C15H13NO3S2/c16-11-12-2-1-3-15(10-12)21(18,19)9-8-20-14-6-4-13(17)5-7-14/h1-7,10,17H,8-9H2. The number of nitrogens with zero attached hydrogens (tertiary/aromatic N) is 1. The Morgan fingerprint density at radius 1 is 1.14 bits per heavy atom. The summed E-state index contributed by atoms with van der Waals surface area (Å²) < 4.78 is 24.4. The Hall–Kier alpha value is -1.97. The number of hydrogen-bond acceptors (Lipinski definition) is 5. The van der Waals surface area contributed by atoms with Gasteiger partial charge in [-0.1, -0.05) is 6.07 Å². The van der Waals surface area contributed by atoms with Crippen LogP contribution in [-0.2, 0) is 9.84 Å². The molecule has 2 rings (SSSR count). The van der Waals surface area contributed by atoms with Crippen molar-refractivity contribution in [2.75, 3.05) is 11.5 Å². The number of aromatic hydroxyl groups is 1. The first-order chi connectivity index (χ1) is 10.0. The van der Waals surface area contributed by atoms with Gasteiger partial charge < -0.3 is 5.11 Å². The van der Waals surface area contributed by atoms with Gasteiger partial charge in [-0.3, -0.25) is 0 Å². The molecule has 0 saturated heterocycles. The van der Waals surface area contributed by atoms with Gasteiger partial charge in [-0.25, -0.2) is 8.42 Å². The van der Waals surface area contributed by atoms with Crippen LogP contribution < -0.4 is 0 Å². The van der Waals surface area contributed by atoms with Crippen LogP contribution in [0.1, 0.15) is 5.56 Å². The molecule has 0 aliphatic rings. The predicted octanol–water partition coefficient (Wildman–Crippen LogP) is 2.83. The van der Waals surface area contributed by atoms with E-state index in [0.717, 1.165) is 4.90 Å². The van der Waals surface area contributed by atoms with Crippen molar-refractivity contribution in [2.24, 2.45) is 0 Å². The largest absolute Gasteiger partial charge is 0.508 e. The maximum atomic E-state index is 12.2. The van der Waals surface area contributed by atoms with Crippen LogP contribution in [0.15, 0.2) is 58.3 Å². The molecular formula is C15H13NO3S2. The maximum Gasteiger partial charge on any atom is 0.179 e. The van der Waals surface area contributed by atoms with E-state index in [1.165, 1.54) is 23.9 Å². The number of thioether (sulfide) groups is 1. The van der Waals surface area contributed by atoms with E-state index < -0.39 is 9.84 Å². The molecule has 0 aromatic heterocycles. The third-order valence-corrected chi connectivity index (χ3v) is 5.77. The molecular weight excluding hydrogens is 306 g/mol. The van der Waals surface area contributed by atoms with E-state index >= 15 is 0 Å². The fourth-order valence-electron chi connectivity index (χ4n) is 1.69. The summed E-state index contributed by atoms with van der Waals surface area (Å²) in [6, 6.07) is 14.6. The van der Waals surface area contributed by atoms with Crippen LogP contribution in [0.5, 0.6) is 5.75 Å². The third kappa shape index (κ3) is 4.25. The van der Waals surface area contributed by atoms with Crippen molar-refractivity contribution < 1.29 is 13.5 Å². The van der Waals surface area contributed by atoms with Crippen molar-refractivity contribution in [3.05, 3.63) is 54.1 Å². The predicted molar refractivity (Wildman–Crippen MR) is 82.0 cm³/mol. The molecule has 0 aliphatic heterocycles. The average molecular weight is 319 g/mol. The zero-order valence-electron chi connectivity index (χ0n) is 11.1. The minimum Gasteiger partial charge on any atom is -0.508 e. The molecule has 2 aromatic rings. The normalized spacial score (nSPS) is 11.0. The highest BCUT2D eigenvalue weighted by Gasteiger charge is 2.14. The fraction of sp³-hybridized carbons (Fsp3) is 0.133. The second-order valence-electron chi connectivity index (χ2n) is 4.30. The Labute approximate surface area is 128 Å². The number of benzene rings is 2. The summed E-state index contributed by atoms with van der Waals surface area (Å²) in [6.07, 6.45) is 0. The van der Waals surface area contributed by atoms with Crippen molar-refractivity contribution in [2.45, 2.75) is 9.79 Å². The monoisotopic (exact) mass is 319 g/mol. The van der Waals surface area contributed by atoms with Crippen molar-refractivity contribution in [1.82, 2.24) is 0 Å². The van der Waals surface area contributed by atoms with Crippen LogP contribution in [-0.4, -0.2) is 25.0 Å². The number of rotatable bonds is 5. The highest BCUT2D eigenvalue weighted by Crippen LogP contribution is 2.22. The van der Waals surface area contributed by atoms with Crippen LogP contribution in [0.2, 0.25) is 0 Å². The molecule has 6 heteroatoms. The maximum absolute atomic E-state index is 12.2. The van der Waals surface area contributed by atoms with E-state index in [9.17, 15) is 13.5 Å². The van der Waals surface area contributed by atoms with Gasteiger partial charge in [0.1, 0.15) is 5.75 Å². The van der Waals surface area contributed by atoms with Gasteiger partial charge in [-0.05, 0) is 42.5 Å². The van der Waals surface area contributed by atoms with Gasteiger partial charge in [-0.2, -0.15) is 5.26 Å². The molecule has 4 nitrogen and oxygen atoms in total. The Morgan fingerprint density at radius 3 is 2.52 bits per heavy atom. The summed E-state index contributed by atoms with van der Waals surface area (Å²) in [7, 11) is -3.39. The molecule has 0 aliphatic carbocycles. The number of hydrogen-bond donors (Lipinski definition) is 1. The first-order valence-electron chi connectivity index (χ1n) is 6.16. The molecule has 0 atom stereocenters. The zero-order chi connectivity index (χ0) is 15.3. The van der Waals surface area contributed by atoms with Gasteiger partial charge >= 0.3 is 0 Å². The zero-order valence-corrected chi connectivity index (χ0v) is 12.7. The molecule has 21 heavy (non-hydrogen) atoms. The number of nitriles is 1. The summed E-state index contributed by atoms with van der Waals surface area (Å²) >= 11 is 1.41. The molecule has 0 bridgehead atoms. The molecule has 0 fully saturated rings. The quantitative estimate of drug-likeness (QED) is 0.857. The van der Waals surface area contributed by atoms with Gasteiger partial charge in [0, 0.05) is 10.6 Å². The number of sulfone groups is 1. The van der Waals surface area contributed by atoms with Gasteiger partial charge in [0.25, 0.3) is 0 Å². The SMILES string of the molecule is N#Cc1cccc(S(=O)(=O)CCSc2ccc(O)cc2)c1. The molecule has 108 valence electrons.